The molecule has 0 radical (unpaired) electrons. The first-order chi connectivity index (χ1) is 37.6. The first kappa shape index (κ1) is 69.9. The van der Waals surface area contributed by atoms with E-state index in [1.54, 1.807) is 0 Å². The van der Waals surface area contributed by atoms with Gasteiger partial charge in [-0.05, 0) is 122 Å². The standard InChI is InChI=1S/C65H100O12/c1-4-7-10-13-16-19-22-25-28-29-32-35-38-41-44-47-50-53-59(68)76-63-61(70)60(69)62(64(71)72)77-65(63)74-55-56(75-58(67)52-49-46-43-40-37-34-31-27-24-21-18-15-12-9-6-3)54-73-57(66)51-48-45-42-39-36-33-30-26-23-20-17-14-11-8-5-2/h7-12,16-21,25-28,30-32,35,41,44,56,60-63,65,69-70H,4-6,13-15,22-24,29,33-34,36-40,42-43,45-55H2,1-3H3,(H,71,72)/b10-7-,11-8-,12-9-,19-16-,20-17-,21-18-,28-25-,30-26-,31-27-,35-32-,44-41-. The van der Waals surface area contributed by atoms with E-state index in [1.807, 2.05) is 12.2 Å². The zero-order chi connectivity index (χ0) is 56.1. The molecule has 12 nitrogen and oxygen atoms in total. The van der Waals surface area contributed by atoms with Crippen LogP contribution in [0.4, 0.5) is 0 Å². The van der Waals surface area contributed by atoms with Gasteiger partial charge in [0.25, 0.3) is 0 Å². The van der Waals surface area contributed by atoms with E-state index in [9.17, 15) is 34.5 Å². The number of aliphatic hydroxyl groups excluding tert-OH is 2. The molecule has 0 saturated carbocycles. The van der Waals surface area contributed by atoms with Crippen molar-refractivity contribution in [2.45, 2.75) is 237 Å². The molecule has 0 aromatic heterocycles. The maximum absolute atomic E-state index is 13.1. The lowest BCUT2D eigenvalue weighted by atomic mass is 9.98. The molecule has 12 heteroatoms. The average molecular weight is 1070 g/mol. The summed E-state index contributed by atoms with van der Waals surface area (Å²) in [5.41, 5.74) is 0. The predicted molar refractivity (Wildman–Crippen MR) is 312 cm³/mol. The molecular formula is C65H100O12. The molecule has 0 amide bonds. The van der Waals surface area contributed by atoms with Crippen molar-refractivity contribution in [3.63, 3.8) is 0 Å². The fraction of sp³-hybridized carbons (Fsp3) is 0.600. The number of unbranched alkanes of at least 4 members (excludes halogenated alkanes) is 11. The van der Waals surface area contributed by atoms with Crippen molar-refractivity contribution in [2.24, 2.45) is 0 Å². The molecule has 0 bridgehead atoms. The van der Waals surface area contributed by atoms with Gasteiger partial charge in [0.2, 0.25) is 0 Å². The summed E-state index contributed by atoms with van der Waals surface area (Å²) in [6.07, 6.45) is 59.9. The number of carbonyl (C=O) groups excluding carboxylic acids is 3. The van der Waals surface area contributed by atoms with Crippen molar-refractivity contribution in [3.8, 4) is 0 Å². The second-order valence-electron chi connectivity index (χ2n) is 19.1. The van der Waals surface area contributed by atoms with E-state index in [0.717, 1.165) is 135 Å². The van der Waals surface area contributed by atoms with E-state index in [4.69, 9.17) is 23.7 Å². The number of aliphatic carboxylic acids is 1. The number of rotatable bonds is 47. The Labute approximate surface area is 464 Å². The van der Waals surface area contributed by atoms with E-state index >= 15 is 0 Å². The highest BCUT2D eigenvalue weighted by molar-refractivity contribution is 5.74. The van der Waals surface area contributed by atoms with E-state index in [0.29, 0.717) is 25.7 Å². The number of hydrogen-bond acceptors (Lipinski definition) is 11. The summed E-state index contributed by atoms with van der Waals surface area (Å²) < 4.78 is 28.3. The molecular weight excluding hydrogens is 973 g/mol. The Bertz CT molecular complexity index is 1850. The number of carboxylic acids is 1. The van der Waals surface area contributed by atoms with Crippen LogP contribution in [0.1, 0.15) is 201 Å². The van der Waals surface area contributed by atoms with Crippen molar-refractivity contribution < 1.29 is 58.2 Å². The van der Waals surface area contributed by atoms with E-state index in [-0.39, 0.29) is 25.9 Å². The van der Waals surface area contributed by atoms with Crippen LogP contribution in [-0.4, -0.2) is 89.2 Å². The third kappa shape index (κ3) is 41.6. The summed E-state index contributed by atoms with van der Waals surface area (Å²) in [5.74, 6) is -3.27. The Morgan fingerprint density at radius 2 is 0.792 bits per heavy atom. The second-order valence-corrected chi connectivity index (χ2v) is 19.1. The van der Waals surface area contributed by atoms with Gasteiger partial charge in [-0.2, -0.15) is 0 Å². The highest BCUT2D eigenvalue weighted by Crippen LogP contribution is 2.26. The molecule has 6 atom stereocenters. The quantitative estimate of drug-likeness (QED) is 0.0228. The van der Waals surface area contributed by atoms with Crippen molar-refractivity contribution in [2.75, 3.05) is 13.2 Å². The lowest BCUT2D eigenvalue weighted by Gasteiger charge is -2.40. The van der Waals surface area contributed by atoms with Crippen LogP contribution in [0.3, 0.4) is 0 Å². The fourth-order valence-corrected chi connectivity index (χ4v) is 7.84. The Kier molecular flexibility index (Phi) is 46.8. The number of hydrogen-bond donors (Lipinski definition) is 3. The summed E-state index contributed by atoms with van der Waals surface area (Å²) in [4.78, 5) is 51.1. The molecule has 1 fully saturated rings. The fourth-order valence-electron chi connectivity index (χ4n) is 7.84. The van der Waals surface area contributed by atoms with Crippen LogP contribution in [0, 0.1) is 0 Å². The third-order valence-electron chi connectivity index (χ3n) is 12.2. The molecule has 77 heavy (non-hydrogen) atoms. The SMILES string of the molecule is CC/C=C\C/C=C\C/C=C\C/C=C\C/C=C\CCCC(=O)OC1C(OCC(COC(=O)CCCCCCC/C=C\C/C=C\C/C=C\CC)OC(=O)CCCCCCC/C=C\C/C=C\C/C=C\CC)OC(C(=O)O)C(O)C1O. The van der Waals surface area contributed by atoms with Crippen LogP contribution >= 0.6 is 0 Å². The van der Waals surface area contributed by atoms with E-state index in [2.05, 4.69) is 142 Å². The summed E-state index contributed by atoms with van der Waals surface area (Å²) in [7, 11) is 0. The number of allylic oxidation sites excluding steroid dienone is 22. The van der Waals surface area contributed by atoms with Gasteiger partial charge < -0.3 is 39.0 Å². The summed E-state index contributed by atoms with van der Waals surface area (Å²) in [5, 5.41) is 31.5. The number of ether oxygens (including phenoxy) is 5. The van der Waals surface area contributed by atoms with Crippen LogP contribution < -0.4 is 0 Å². The molecule has 0 spiro atoms. The highest BCUT2D eigenvalue weighted by Gasteiger charge is 2.50. The molecule has 6 unspecified atom stereocenters. The molecule has 1 aliphatic heterocycles. The Morgan fingerprint density at radius 3 is 1.22 bits per heavy atom. The lowest BCUT2D eigenvalue weighted by molar-refractivity contribution is -0.301. The zero-order valence-electron chi connectivity index (χ0n) is 47.4. The molecule has 0 aromatic carbocycles. The number of carboxylic acid groups (broad SMARTS) is 1. The first-order valence-corrected chi connectivity index (χ1v) is 29.2. The summed E-state index contributed by atoms with van der Waals surface area (Å²) in [6.45, 7) is 5.58. The topological polar surface area (TPSA) is 175 Å². The molecule has 0 aromatic rings. The average Bonchev–Trinajstić information content (AvgIpc) is 3.43. The Hall–Kier alpha value is -5.14. The van der Waals surface area contributed by atoms with Gasteiger partial charge >= 0.3 is 23.9 Å². The van der Waals surface area contributed by atoms with Gasteiger partial charge in [-0.1, -0.05) is 193 Å². The van der Waals surface area contributed by atoms with Crippen LogP contribution in [0.5, 0.6) is 0 Å². The predicted octanol–water partition coefficient (Wildman–Crippen LogP) is 15.0. The van der Waals surface area contributed by atoms with Gasteiger partial charge in [-0.3, -0.25) is 14.4 Å². The minimum Gasteiger partial charge on any atom is -0.479 e. The second kappa shape index (κ2) is 51.6. The van der Waals surface area contributed by atoms with Crippen molar-refractivity contribution >= 4 is 23.9 Å². The molecule has 3 N–H and O–H groups in total. The van der Waals surface area contributed by atoms with Crippen LogP contribution in [0.2, 0.25) is 0 Å². The lowest BCUT2D eigenvalue weighted by Crippen LogP contribution is -2.61. The third-order valence-corrected chi connectivity index (χ3v) is 12.2. The van der Waals surface area contributed by atoms with Gasteiger partial charge in [0, 0.05) is 19.3 Å². The molecule has 0 aliphatic carbocycles. The summed E-state index contributed by atoms with van der Waals surface area (Å²) >= 11 is 0. The molecule has 1 saturated heterocycles. The van der Waals surface area contributed by atoms with Gasteiger partial charge in [0.1, 0.15) is 18.8 Å². The van der Waals surface area contributed by atoms with E-state index in [1.165, 1.54) is 0 Å². The molecule has 1 rings (SSSR count). The monoisotopic (exact) mass is 1070 g/mol. The minimum absolute atomic E-state index is 0.0292. The number of carbonyl (C=O) groups is 4. The van der Waals surface area contributed by atoms with Crippen LogP contribution in [0.15, 0.2) is 134 Å². The smallest absolute Gasteiger partial charge is 0.335 e. The largest absolute Gasteiger partial charge is 0.479 e. The Balaban J connectivity index is 2.77. The van der Waals surface area contributed by atoms with Crippen LogP contribution in [-0.2, 0) is 42.9 Å². The molecule has 1 aliphatic rings. The van der Waals surface area contributed by atoms with E-state index < -0.39 is 67.3 Å². The molecule has 432 valence electrons. The number of aliphatic hydroxyl groups is 2. The number of esters is 3. The summed E-state index contributed by atoms with van der Waals surface area (Å²) in [6, 6.07) is 0. The van der Waals surface area contributed by atoms with Crippen molar-refractivity contribution in [1.29, 1.82) is 0 Å². The van der Waals surface area contributed by atoms with Crippen molar-refractivity contribution in [1.82, 2.24) is 0 Å². The van der Waals surface area contributed by atoms with Gasteiger partial charge in [-0.25, -0.2) is 4.79 Å². The Morgan fingerprint density at radius 1 is 0.429 bits per heavy atom. The first-order valence-electron chi connectivity index (χ1n) is 29.2. The molecule has 1 heterocycles. The van der Waals surface area contributed by atoms with Gasteiger partial charge in [0.15, 0.2) is 24.6 Å². The maximum atomic E-state index is 13.1. The van der Waals surface area contributed by atoms with Gasteiger partial charge in [0.05, 0.1) is 6.61 Å². The minimum atomic E-state index is -1.93. The normalized spacial score (nSPS) is 19.0. The van der Waals surface area contributed by atoms with Gasteiger partial charge in [-0.15, -0.1) is 0 Å². The zero-order valence-corrected chi connectivity index (χ0v) is 47.4. The highest BCUT2D eigenvalue weighted by atomic mass is 16.7. The maximum Gasteiger partial charge on any atom is 0.335 e. The van der Waals surface area contributed by atoms with Crippen LogP contribution in [0.25, 0.3) is 0 Å². The van der Waals surface area contributed by atoms with Crippen molar-refractivity contribution in [3.05, 3.63) is 134 Å².